The Kier molecular flexibility index (Phi) is 4.81. The fourth-order valence-electron chi connectivity index (χ4n) is 4.16. The Morgan fingerprint density at radius 1 is 0.833 bits per heavy atom. The highest BCUT2D eigenvalue weighted by Gasteiger charge is 2.35. The molecule has 1 heterocycles. The summed E-state index contributed by atoms with van der Waals surface area (Å²) in [6.45, 7) is 0. The first-order valence-corrected chi connectivity index (χ1v) is 10.1. The van der Waals surface area contributed by atoms with Gasteiger partial charge in [0, 0.05) is 5.92 Å². The van der Waals surface area contributed by atoms with Crippen LogP contribution in [-0.4, -0.2) is 20.8 Å². The van der Waals surface area contributed by atoms with Gasteiger partial charge in [-0.25, -0.2) is 4.68 Å². The quantitative estimate of drug-likeness (QED) is 0.470. The molecule has 0 bridgehead atoms. The second-order valence-corrected chi connectivity index (χ2v) is 7.55. The number of hydrogen-bond acceptors (Lipinski definition) is 3. The van der Waals surface area contributed by atoms with Crippen molar-refractivity contribution in [2.45, 2.75) is 18.4 Å². The summed E-state index contributed by atoms with van der Waals surface area (Å²) in [6, 6.07) is 27.7. The number of carbonyl (C=O) groups is 1. The lowest BCUT2D eigenvalue weighted by Gasteiger charge is -2.30. The standard InChI is InChI=1S/C26H21N3O/c30-25-18-20(16-15-19-9-3-1-4-10-19)17-22(21-11-5-2-6-12-21)26(25)29-24-14-8-7-13-23(24)27-28-29/h1-16,18,22,26H,17H2/t22-,26-/m0/s1. The largest absolute Gasteiger partial charge is 0.292 e. The smallest absolute Gasteiger partial charge is 0.181 e. The first kappa shape index (κ1) is 18.3. The van der Waals surface area contributed by atoms with Gasteiger partial charge in [0.2, 0.25) is 0 Å². The van der Waals surface area contributed by atoms with Crippen molar-refractivity contribution in [2.24, 2.45) is 0 Å². The number of benzene rings is 3. The van der Waals surface area contributed by atoms with Crippen molar-refractivity contribution in [1.29, 1.82) is 0 Å². The molecule has 5 rings (SSSR count). The normalized spacial score (nSPS) is 19.3. The van der Waals surface area contributed by atoms with Crippen LogP contribution in [0.1, 0.15) is 29.5 Å². The SMILES string of the molecule is O=C1C=C(C=Cc2ccccc2)C[C@@H](c2ccccc2)[C@@H]1n1nnc2ccccc21. The summed E-state index contributed by atoms with van der Waals surface area (Å²) >= 11 is 0. The maximum atomic E-state index is 13.3. The van der Waals surface area contributed by atoms with E-state index >= 15 is 0 Å². The third-order valence-electron chi connectivity index (χ3n) is 5.61. The minimum Gasteiger partial charge on any atom is -0.292 e. The van der Waals surface area contributed by atoms with Crippen LogP contribution in [0.3, 0.4) is 0 Å². The van der Waals surface area contributed by atoms with Crippen molar-refractivity contribution in [3.05, 3.63) is 114 Å². The van der Waals surface area contributed by atoms with Gasteiger partial charge in [0.25, 0.3) is 0 Å². The molecule has 4 aromatic rings. The zero-order valence-corrected chi connectivity index (χ0v) is 16.4. The van der Waals surface area contributed by atoms with E-state index in [0.29, 0.717) is 0 Å². The van der Waals surface area contributed by atoms with Crippen LogP contribution in [0.15, 0.2) is 103 Å². The first-order valence-electron chi connectivity index (χ1n) is 10.1. The van der Waals surface area contributed by atoms with Crippen LogP contribution in [0.2, 0.25) is 0 Å². The van der Waals surface area contributed by atoms with E-state index in [1.807, 2.05) is 60.7 Å². The summed E-state index contributed by atoms with van der Waals surface area (Å²) in [5.41, 5.74) is 4.96. The molecule has 0 N–H and O–H groups in total. The van der Waals surface area contributed by atoms with Crippen molar-refractivity contribution in [2.75, 3.05) is 0 Å². The lowest BCUT2D eigenvalue weighted by Crippen LogP contribution is -2.29. The Hall–Kier alpha value is -3.79. The second kappa shape index (κ2) is 7.91. The summed E-state index contributed by atoms with van der Waals surface area (Å²) in [4.78, 5) is 13.3. The molecule has 146 valence electrons. The zero-order valence-electron chi connectivity index (χ0n) is 16.4. The summed E-state index contributed by atoms with van der Waals surface area (Å²) in [5, 5.41) is 8.64. The van der Waals surface area contributed by atoms with Crippen LogP contribution < -0.4 is 0 Å². The Bertz CT molecular complexity index is 1240. The molecule has 4 nitrogen and oxygen atoms in total. The number of ketones is 1. The summed E-state index contributed by atoms with van der Waals surface area (Å²) < 4.78 is 1.80. The van der Waals surface area contributed by atoms with Gasteiger partial charge in [-0.3, -0.25) is 4.79 Å². The average Bonchev–Trinajstić information content (AvgIpc) is 3.22. The molecule has 30 heavy (non-hydrogen) atoms. The fourth-order valence-corrected chi connectivity index (χ4v) is 4.16. The number of nitrogens with zero attached hydrogens (tertiary/aromatic N) is 3. The average molecular weight is 391 g/mol. The van der Waals surface area contributed by atoms with E-state index in [2.05, 4.69) is 46.7 Å². The number of hydrogen-bond donors (Lipinski definition) is 0. The lowest BCUT2D eigenvalue weighted by molar-refractivity contribution is -0.118. The van der Waals surface area contributed by atoms with Gasteiger partial charge in [-0.1, -0.05) is 90.2 Å². The monoisotopic (exact) mass is 391 g/mol. The Morgan fingerprint density at radius 2 is 1.53 bits per heavy atom. The number of aromatic nitrogens is 3. The number of allylic oxidation sites excluding steroid dienone is 3. The van der Waals surface area contributed by atoms with Gasteiger partial charge in [-0.05, 0) is 41.3 Å². The molecule has 1 aliphatic carbocycles. The van der Waals surface area contributed by atoms with Gasteiger partial charge in [-0.15, -0.1) is 5.10 Å². The number of carbonyl (C=O) groups excluding carboxylic acids is 1. The van der Waals surface area contributed by atoms with Gasteiger partial charge in [-0.2, -0.15) is 0 Å². The second-order valence-electron chi connectivity index (χ2n) is 7.55. The Labute approximate surface area is 175 Å². The van der Waals surface area contributed by atoms with Gasteiger partial charge in [0.1, 0.15) is 11.6 Å². The van der Waals surface area contributed by atoms with E-state index in [-0.39, 0.29) is 11.7 Å². The lowest BCUT2D eigenvalue weighted by atomic mass is 9.79. The molecular weight excluding hydrogens is 370 g/mol. The van der Waals surface area contributed by atoms with E-state index in [9.17, 15) is 4.79 Å². The number of rotatable bonds is 4. The van der Waals surface area contributed by atoms with E-state index in [1.54, 1.807) is 10.8 Å². The number of fused-ring (bicyclic) bond motifs is 1. The minimum absolute atomic E-state index is 0.00997. The van der Waals surface area contributed by atoms with Crippen LogP contribution in [0.5, 0.6) is 0 Å². The van der Waals surface area contributed by atoms with Crippen LogP contribution in [0.25, 0.3) is 17.1 Å². The zero-order chi connectivity index (χ0) is 20.3. The molecular formula is C26H21N3O. The maximum absolute atomic E-state index is 13.3. The highest BCUT2D eigenvalue weighted by molar-refractivity contribution is 5.97. The third-order valence-corrected chi connectivity index (χ3v) is 5.61. The van der Waals surface area contributed by atoms with Crippen molar-refractivity contribution in [1.82, 2.24) is 15.0 Å². The highest BCUT2D eigenvalue weighted by Crippen LogP contribution is 2.40. The molecule has 1 aliphatic rings. The summed E-state index contributed by atoms with van der Waals surface area (Å²) in [5.74, 6) is 0.0442. The molecule has 2 atom stereocenters. The minimum atomic E-state index is -0.409. The van der Waals surface area contributed by atoms with E-state index in [0.717, 1.165) is 34.2 Å². The maximum Gasteiger partial charge on any atom is 0.181 e. The Morgan fingerprint density at radius 3 is 2.33 bits per heavy atom. The molecule has 1 aromatic heterocycles. The van der Waals surface area contributed by atoms with Gasteiger partial charge in [0.15, 0.2) is 5.78 Å². The van der Waals surface area contributed by atoms with Crippen LogP contribution in [0.4, 0.5) is 0 Å². The molecule has 0 spiro atoms. The van der Waals surface area contributed by atoms with E-state index in [1.165, 1.54) is 0 Å². The fraction of sp³-hybridized carbons (Fsp3) is 0.115. The highest BCUT2D eigenvalue weighted by atomic mass is 16.1. The molecule has 0 saturated heterocycles. The predicted molar refractivity (Wildman–Crippen MR) is 119 cm³/mol. The molecule has 0 aliphatic heterocycles. The van der Waals surface area contributed by atoms with E-state index < -0.39 is 6.04 Å². The van der Waals surface area contributed by atoms with Gasteiger partial charge >= 0.3 is 0 Å². The van der Waals surface area contributed by atoms with Crippen molar-refractivity contribution < 1.29 is 4.79 Å². The Balaban J connectivity index is 1.56. The molecule has 0 saturated carbocycles. The van der Waals surface area contributed by atoms with Crippen LogP contribution in [-0.2, 0) is 4.79 Å². The first-order chi connectivity index (χ1) is 14.8. The third kappa shape index (κ3) is 3.48. The van der Waals surface area contributed by atoms with Crippen molar-refractivity contribution in [3.63, 3.8) is 0 Å². The summed E-state index contributed by atoms with van der Waals surface area (Å²) in [6.07, 6.45) is 6.64. The molecule has 4 heteroatoms. The molecule has 0 unspecified atom stereocenters. The van der Waals surface area contributed by atoms with Crippen LogP contribution in [0, 0.1) is 0 Å². The summed E-state index contributed by atoms with van der Waals surface area (Å²) in [7, 11) is 0. The predicted octanol–water partition coefficient (Wildman–Crippen LogP) is 5.37. The molecule has 3 aromatic carbocycles. The van der Waals surface area contributed by atoms with Crippen LogP contribution >= 0.6 is 0 Å². The van der Waals surface area contributed by atoms with Gasteiger partial charge in [0.05, 0.1) is 5.52 Å². The molecule has 0 radical (unpaired) electrons. The van der Waals surface area contributed by atoms with Crippen molar-refractivity contribution >= 4 is 22.9 Å². The topological polar surface area (TPSA) is 47.8 Å². The van der Waals surface area contributed by atoms with Crippen molar-refractivity contribution in [3.8, 4) is 0 Å². The molecule has 0 fully saturated rings. The van der Waals surface area contributed by atoms with Gasteiger partial charge < -0.3 is 0 Å². The molecule has 0 amide bonds. The number of para-hydroxylation sites is 1. The van der Waals surface area contributed by atoms with E-state index in [4.69, 9.17) is 0 Å².